The van der Waals surface area contributed by atoms with Crippen LogP contribution in [0.3, 0.4) is 0 Å². The summed E-state index contributed by atoms with van der Waals surface area (Å²) in [5.41, 5.74) is 6.57. The van der Waals surface area contributed by atoms with Crippen molar-refractivity contribution in [3.63, 3.8) is 0 Å². The Hall–Kier alpha value is -1.38. The number of ether oxygens (including phenoxy) is 1. The molecule has 1 atom stereocenters. The van der Waals surface area contributed by atoms with E-state index in [0.717, 1.165) is 5.57 Å². The Kier molecular flexibility index (Phi) is 4.74. The first-order valence-corrected chi connectivity index (χ1v) is 4.15. The van der Waals surface area contributed by atoms with Crippen LogP contribution in [0.5, 0.6) is 0 Å². The van der Waals surface area contributed by atoms with E-state index < -0.39 is 0 Å². The molecular formula is C10H18N2O. The number of nitrogens with two attached hydrogens (primary N) is 1. The maximum absolute atomic E-state index is 5.62. The zero-order valence-electron chi connectivity index (χ0n) is 8.55. The van der Waals surface area contributed by atoms with Crippen LogP contribution in [0.15, 0.2) is 36.4 Å². The molecule has 0 fully saturated rings. The van der Waals surface area contributed by atoms with E-state index in [4.69, 9.17) is 10.5 Å². The smallest absolute Gasteiger partial charge is 0.159 e. The van der Waals surface area contributed by atoms with Gasteiger partial charge in [-0.3, -0.25) is 0 Å². The highest BCUT2D eigenvalue weighted by atomic mass is 16.5. The lowest BCUT2D eigenvalue weighted by atomic mass is 10.2. The lowest BCUT2D eigenvalue weighted by Crippen LogP contribution is -2.20. The van der Waals surface area contributed by atoms with Gasteiger partial charge in [0.1, 0.15) is 11.9 Å². The minimum atomic E-state index is -0.0556. The third-order valence-corrected chi connectivity index (χ3v) is 1.72. The summed E-state index contributed by atoms with van der Waals surface area (Å²) in [4.78, 5) is 0. The highest BCUT2D eigenvalue weighted by Crippen LogP contribution is 2.10. The molecule has 0 aromatic rings. The second kappa shape index (κ2) is 5.30. The van der Waals surface area contributed by atoms with E-state index in [2.05, 4.69) is 18.5 Å². The van der Waals surface area contributed by atoms with E-state index in [1.807, 2.05) is 13.8 Å². The van der Waals surface area contributed by atoms with Gasteiger partial charge >= 0.3 is 0 Å². The van der Waals surface area contributed by atoms with Crippen molar-refractivity contribution < 1.29 is 4.74 Å². The number of rotatable bonds is 5. The number of hydrogen-bond donors (Lipinski definition) is 2. The molecule has 0 aliphatic carbocycles. The van der Waals surface area contributed by atoms with E-state index in [1.165, 1.54) is 0 Å². The van der Waals surface area contributed by atoms with E-state index >= 15 is 0 Å². The van der Waals surface area contributed by atoms with Gasteiger partial charge in [-0.2, -0.15) is 0 Å². The molecule has 0 unspecified atom stereocenters. The van der Waals surface area contributed by atoms with Crippen LogP contribution < -0.4 is 11.1 Å². The van der Waals surface area contributed by atoms with Crippen LogP contribution in [0, 0.1) is 0 Å². The standard InChI is InChI=1S/C10H18N2O/c1-6-9(10(11)12-5)13-8(4)7(2)3/h6,8,12H,1-2,11H2,3-5H3/b10-9+/t8-/m1/s1. The molecule has 0 saturated carbocycles. The van der Waals surface area contributed by atoms with Gasteiger partial charge in [-0.25, -0.2) is 0 Å². The molecule has 0 aromatic carbocycles. The Morgan fingerprint density at radius 2 is 2.15 bits per heavy atom. The molecule has 0 saturated heterocycles. The SMILES string of the molecule is C=C/C(O[C@H](C)C(=C)C)=C(/N)NC. The van der Waals surface area contributed by atoms with Crippen LogP contribution in [0.2, 0.25) is 0 Å². The van der Waals surface area contributed by atoms with Gasteiger partial charge in [-0.15, -0.1) is 0 Å². The Bertz CT molecular complexity index is 231. The van der Waals surface area contributed by atoms with Gasteiger partial charge in [0.25, 0.3) is 0 Å². The molecule has 0 rings (SSSR count). The molecule has 0 heterocycles. The minimum absolute atomic E-state index is 0.0556. The monoisotopic (exact) mass is 182 g/mol. The fraction of sp³-hybridized carbons (Fsp3) is 0.400. The molecule has 74 valence electrons. The summed E-state index contributed by atoms with van der Waals surface area (Å²) in [6, 6.07) is 0. The summed E-state index contributed by atoms with van der Waals surface area (Å²) in [7, 11) is 1.73. The lowest BCUT2D eigenvalue weighted by Gasteiger charge is -2.16. The summed E-state index contributed by atoms with van der Waals surface area (Å²) in [5.74, 6) is 1.03. The Balaban J connectivity index is 4.47. The molecule has 3 N–H and O–H groups in total. The van der Waals surface area contributed by atoms with Crippen molar-refractivity contribution >= 4 is 0 Å². The largest absolute Gasteiger partial charge is 0.483 e. The average Bonchev–Trinajstić information content (AvgIpc) is 2.12. The van der Waals surface area contributed by atoms with Crippen LogP contribution in [0.4, 0.5) is 0 Å². The van der Waals surface area contributed by atoms with Gasteiger partial charge in [0.2, 0.25) is 0 Å². The normalized spacial score (nSPS) is 14.1. The molecule has 3 heteroatoms. The van der Waals surface area contributed by atoms with Crippen LogP contribution in [0.25, 0.3) is 0 Å². The molecule has 0 aliphatic heterocycles. The highest BCUT2D eigenvalue weighted by molar-refractivity contribution is 5.15. The zero-order chi connectivity index (χ0) is 10.4. The Morgan fingerprint density at radius 3 is 2.46 bits per heavy atom. The van der Waals surface area contributed by atoms with Gasteiger partial charge in [-0.05, 0) is 25.5 Å². The summed E-state index contributed by atoms with van der Waals surface area (Å²) < 4.78 is 5.49. The fourth-order valence-corrected chi connectivity index (χ4v) is 0.636. The second-order valence-corrected chi connectivity index (χ2v) is 2.84. The topological polar surface area (TPSA) is 47.3 Å². The van der Waals surface area contributed by atoms with Crippen LogP contribution in [-0.2, 0) is 4.74 Å². The first-order chi connectivity index (χ1) is 6.02. The maximum atomic E-state index is 5.62. The van der Waals surface area contributed by atoms with Gasteiger partial charge in [-0.1, -0.05) is 13.2 Å². The molecule has 0 amide bonds. The summed E-state index contributed by atoms with van der Waals surface area (Å²) >= 11 is 0. The Morgan fingerprint density at radius 1 is 1.62 bits per heavy atom. The molecule has 0 bridgehead atoms. The zero-order valence-corrected chi connectivity index (χ0v) is 8.55. The van der Waals surface area contributed by atoms with Gasteiger partial charge in [0.05, 0.1) is 0 Å². The van der Waals surface area contributed by atoms with Crippen LogP contribution in [0.1, 0.15) is 13.8 Å². The Labute approximate surface area is 80.0 Å². The summed E-state index contributed by atoms with van der Waals surface area (Å²) in [6.07, 6.45) is 1.52. The van der Waals surface area contributed by atoms with Gasteiger partial charge in [0, 0.05) is 7.05 Å². The van der Waals surface area contributed by atoms with E-state index in [9.17, 15) is 0 Å². The van der Waals surface area contributed by atoms with E-state index in [0.29, 0.717) is 11.6 Å². The third-order valence-electron chi connectivity index (χ3n) is 1.72. The second-order valence-electron chi connectivity index (χ2n) is 2.84. The van der Waals surface area contributed by atoms with Crippen molar-refractivity contribution in [2.45, 2.75) is 20.0 Å². The van der Waals surface area contributed by atoms with Gasteiger partial charge in [0.15, 0.2) is 5.76 Å². The summed E-state index contributed by atoms with van der Waals surface area (Å²) in [6.45, 7) is 11.2. The van der Waals surface area contributed by atoms with Crippen LogP contribution in [-0.4, -0.2) is 13.2 Å². The molecular weight excluding hydrogens is 164 g/mol. The first kappa shape index (κ1) is 11.6. The van der Waals surface area contributed by atoms with Gasteiger partial charge < -0.3 is 15.8 Å². The minimum Gasteiger partial charge on any atom is -0.483 e. The third kappa shape index (κ3) is 3.69. The molecule has 0 aromatic heterocycles. The number of hydrogen-bond acceptors (Lipinski definition) is 3. The molecule has 3 nitrogen and oxygen atoms in total. The van der Waals surface area contributed by atoms with Crippen molar-refractivity contribution in [2.24, 2.45) is 5.73 Å². The van der Waals surface area contributed by atoms with E-state index in [-0.39, 0.29) is 6.10 Å². The molecule has 0 radical (unpaired) electrons. The highest BCUT2D eigenvalue weighted by Gasteiger charge is 2.06. The predicted molar refractivity (Wildman–Crippen MR) is 55.8 cm³/mol. The quantitative estimate of drug-likeness (QED) is 0.385. The van der Waals surface area contributed by atoms with E-state index in [1.54, 1.807) is 13.1 Å². The molecule has 13 heavy (non-hydrogen) atoms. The fourth-order valence-electron chi connectivity index (χ4n) is 0.636. The molecule has 0 aliphatic rings. The maximum Gasteiger partial charge on any atom is 0.159 e. The predicted octanol–water partition coefficient (Wildman–Crippen LogP) is 1.50. The van der Waals surface area contributed by atoms with Crippen molar-refractivity contribution in [3.05, 3.63) is 36.4 Å². The lowest BCUT2D eigenvalue weighted by molar-refractivity contribution is 0.167. The number of nitrogens with one attached hydrogen (secondary N) is 1. The van der Waals surface area contributed by atoms with Crippen molar-refractivity contribution in [2.75, 3.05) is 7.05 Å². The molecule has 0 spiro atoms. The number of allylic oxidation sites excluding steroid dienone is 1. The average molecular weight is 182 g/mol. The van der Waals surface area contributed by atoms with Crippen molar-refractivity contribution in [1.29, 1.82) is 0 Å². The summed E-state index contributed by atoms with van der Waals surface area (Å²) in [5, 5.41) is 2.79. The van der Waals surface area contributed by atoms with Crippen molar-refractivity contribution in [3.8, 4) is 0 Å². The van der Waals surface area contributed by atoms with Crippen LogP contribution >= 0.6 is 0 Å². The first-order valence-electron chi connectivity index (χ1n) is 4.15. The van der Waals surface area contributed by atoms with Crippen molar-refractivity contribution in [1.82, 2.24) is 5.32 Å².